The van der Waals surface area contributed by atoms with Crippen molar-refractivity contribution in [3.05, 3.63) is 23.8 Å². The molecule has 1 saturated carbocycles. The molecule has 0 aliphatic heterocycles. The van der Waals surface area contributed by atoms with Crippen molar-refractivity contribution >= 4 is 22.9 Å². The van der Waals surface area contributed by atoms with Gasteiger partial charge in [-0.2, -0.15) is 5.26 Å². The second-order valence-electron chi connectivity index (χ2n) is 7.80. The van der Waals surface area contributed by atoms with E-state index >= 15 is 0 Å². The molecule has 1 aliphatic rings. The van der Waals surface area contributed by atoms with E-state index in [0.717, 1.165) is 43.1 Å². The Balaban J connectivity index is 1.88. The largest absolute Gasteiger partial charge is 0.389 e. The molecule has 1 aromatic heterocycles. The molecule has 1 aromatic carbocycles. The van der Waals surface area contributed by atoms with Crippen LogP contribution in [0, 0.1) is 17.2 Å². The molecule has 1 amide bonds. The summed E-state index contributed by atoms with van der Waals surface area (Å²) in [7, 11) is 0. The Kier molecular flexibility index (Phi) is 5.52. The number of nitrogens with zero attached hydrogens (tertiary/aromatic N) is 3. The van der Waals surface area contributed by atoms with Crippen molar-refractivity contribution in [2.45, 2.75) is 70.9 Å². The van der Waals surface area contributed by atoms with Crippen LogP contribution in [0.25, 0.3) is 11.0 Å². The van der Waals surface area contributed by atoms with E-state index in [4.69, 9.17) is 0 Å². The van der Waals surface area contributed by atoms with Crippen LogP contribution in [0.4, 0.5) is 5.95 Å². The average Bonchev–Trinajstić information content (AvgIpc) is 2.90. The van der Waals surface area contributed by atoms with Gasteiger partial charge in [0, 0.05) is 6.04 Å². The first-order valence-corrected chi connectivity index (χ1v) is 9.83. The highest BCUT2D eigenvalue weighted by Gasteiger charge is 2.33. The lowest BCUT2D eigenvalue weighted by Gasteiger charge is -2.32. The summed E-state index contributed by atoms with van der Waals surface area (Å²) < 4.78 is 2.05. The molecule has 144 valence electrons. The number of rotatable bonds is 7. The van der Waals surface area contributed by atoms with Crippen molar-refractivity contribution in [1.29, 1.82) is 5.26 Å². The standard InChI is InChI=1S/C21H28N4O2/c1-4-15(5-2)21(3,27)12-19(26)24-20-23-17-10-9-14(13-22)11-18(17)25(20)16-7-6-8-16/h9-11,15-16,27H,4-8,12H2,1-3H3,(H,23,24,26). The van der Waals surface area contributed by atoms with E-state index in [1.807, 2.05) is 30.5 Å². The highest BCUT2D eigenvalue weighted by Crippen LogP contribution is 2.37. The highest BCUT2D eigenvalue weighted by atomic mass is 16.3. The minimum atomic E-state index is -1.05. The van der Waals surface area contributed by atoms with Gasteiger partial charge in [-0.25, -0.2) is 4.98 Å². The first-order chi connectivity index (χ1) is 12.9. The molecule has 6 nitrogen and oxygen atoms in total. The van der Waals surface area contributed by atoms with Crippen LogP contribution < -0.4 is 5.32 Å². The molecule has 1 aliphatic carbocycles. The fourth-order valence-corrected chi connectivity index (χ4v) is 4.07. The van der Waals surface area contributed by atoms with Crippen LogP contribution >= 0.6 is 0 Å². The van der Waals surface area contributed by atoms with Crippen LogP contribution in [0.2, 0.25) is 0 Å². The van der Waals surface area contributed by atoms with Crippen LogP contribution in [0.3, 0.4) is 0 Å². The van der Waals surface area contributed by atoms with E-state index in [-0.39, 0.29) is 18.2 Å². The Morgan fingerprint density at radius 3 is 2.70 bits per heavy atom. The Bertz CT molecular complexity index is 870. The fraction of sp³-hybridized carbons (Fsp3) is 0.571. The summed E-state index contributed by atoms with van der Waals surface area (Å²) in [6.45, 7) is 5.80. The average molecular weight is 368 g/mol. The Labute approximate surface area is 160 Å². The summed E-state index contributed by atoms with van der Waals surface area (Å²) in [4.78, 5) is 17.3. The molecule has 27 heavy (non-hydrogen) atoms. The molecule has 6 heteroatoms. The predicted octanol–water partition coefficient (Wildman–Crippen LogP) is 4.15. The number of carbonyl (C=O) groups is 1. The number of hydrogen-bond acceptors (Lipinski definition) is 4. The SMILES string of the molecule is CCC(CC)C(C)(O)CC(=O)Nc1nc2ccc(C#N)cc2n1C1CCC1. The van der Waals surface area contributed by atoms with Crippen LogP contribution in [-0.4, -0.2) is 26.2 Å². The van der Waals surface area contributed by atoms with Gasteiger partial charge in [0.1, 0.15) is 0 Å². The molecule has 0 saturated heterocycles. The number of carbonyl (C=O) groups excluding carboxylic acids is 1. The van der Waals surface area contributed by atoms with Gasteiger partial charge in [-0.3, -0.25) is 10.1 Å². The number of aromatic nitrogens is 2. The lowest BCUT2D eigenvalue weighted by Crippen LogP contribution is -2.38. The van der Waals surface area contributed by atoms with Crippen molar-refractivity contribution in [3.63, 3.8) is 0 Å². The number of nitriles is 1. The number of aliphatic hydroxyl groups is 1. The van der Waals surface area contributed by atoms with Crippen molar-refractivity contribution in [1.82, 2.24) is 9.55 Å². The van der Waals surface area contributed by atoms with Gasteiger partial charge >= 0.3 is 0 Å². The second-order valence-corrected chi connectivity index (χ2v) is 7.80. The van der Waals surface area contributed by atoms with Gasteiger partial charge < -0.3 is 9.67 Å². The van der Waals surface area contributed by atoms with E-state index in [2.05, 4.69) is 16.4 Å². The molecule has 1 fully saturated rings. The van der Waals surface area contributed by atoms with Crippen LogP contribution in [-0.2, 0) is 4.79 Å². The molecule has 3 rings (SSSR count). The zero-order valence-electron chi connectivity index (χ0n) is 16.3. The smallest absolute Gasteiger partial charge is 0.229 e. The topological polar surface area (TPSA) is 90.9 Å². The number of hydrogen-bond donors (Lipinski definition) is 2. The van der Waals surface area contributed by atoms with Crippen molar-refractivity contribution in [2.75, 3.05) is 5.32 Å². The molecule has 1 unspecified atom stereocenters. The minimum absolute atomic E-state index is 0.0384. The molecule has 2 N–H and O–H groups in total. The van der Waals surface area contributed by atoms with Crippen LogP contribution in [0.15, 0.2) is 18.2 Å². The summed E-state index contributed by atoms with van der Waals surface area (Å²) in [5, 5.41) is 22.9. The van der Waals surface area contributed by atoms with Gasteiger partial charge in [0.15, 0.2) is 0 Å². The third-order valence-corrected chi connectivity index (χ3v) is 5.89. The summed E-state index contributed by atoms with van der Waals surface area (Å²) >= 11 is 0. The Morgan fingerprint density at radius 1 is 1.44 bits per heavy atom. The lowest BCUT2D eigenvalue weighted by atomic mass is 9.82. The number of fused-ring (bicyclic) bond motifs is 1. The first-order valence-electron chi connectivity index (χ1n) is 9.83. The van der Waals surface area contributed by atoms with Gasteiger partial charge in [-0.15, -0.1) is 0 Å². The fourth-order valence-electron chi connectivity index (χ4n) is 4.07. The van der Waals surface area contributed by atoms with Crippen molar-refractivity contribution in [3.8, 4) is 6.07 Å². The third-order valence-electron chi connectivity index (χ3n) is 5.89. The van der Waals surface area contributed by atoms with Gasteiger partial charge in [-0.1, -0.05) is 26.7 Å². The van der Waals surface area contributed by atoms with Crippen molar-refractivity contribution in [2.24, 2.45) is 5.92 Å². The molecule has 1 heterocycles. The molecule has 0 spiro atoms. The Hall–Kier alpha value is -2.39. The first kappa shape index (κ1) is 19.4. The Morgan fingerprint density at radius 2 is 2.15 bits per heavy atom. The summed E-state index contributed by atoms with van der Waals surface area (Å²) in [5.74, 6) is 0.352. The number of amides is 1. The zero-order chi connectivity index (χ0) is 19.6. The van der Waals surface area contributed by atoms with E-state index in [9.17, 15) is 15.2 Å². The molecule has 2 aromatic rings. The molecule has 1 atom stereocenters. The monoisotopic (exact) mass is 368 g/mol. The number of imidazole rings is 1. The quantitative estimate of drug-likeness (QED) is 0.768. The van der Waals surface area contributed by atoms with Gasteiger partial charge in [0.25, 0.3) is 0 Å². The molecular formula is C21H28N4O2. The number of anilines is 1. The lowest BCUT2D eigenvalue weighted by molar-refractivity contribution is -0.122. The van der Waals surface area contributed by atoms with E-state index in [1.165, 1.54) is 0 Å². The summed E-state index contributed by atoms with van der Waals surface area (Å²) in [6, 6.07) is 7.85. The van der Waals surface area contributed by atoms with Crippen LogP contribution in [0.1, 0.15) is 70.9 Å². The van der Waals surface area contributed by atoms with Crippen molar-refractivity contribution < 1.29 is 9.90 Å². The highest BCUT2D eigenvalue weighted by molar-refractivity contribution is 5.92. The van der Waals surface area contributed by atoms with E-state index in [0.29, 0.717) is 17.6 Å². The second kappa shape index (κ2) is 7.69. The van der Waals surface area contributed by atoms with Gasteiger partial charge in [-0.05, 0) is 50.3 Å². The van der Waals surface area contributed by atoms with Gasteiger partial charge in [0.05, 0.1) is 34.7 Å². The zero-order valence-corrected chi connectivity index (χ0v) is 16.3. The maximum atomic E-state index is 12.7. The third kappa shape index (κ3) is 3.84. The normalized spacial score (nSPS) is 16.7. The van der Waals surface area contributed by atoms with E-state index < -0.39 is 5.60 Å². The number of benzene rings is 1. The maximum Gasteiger partial charge on any atom is 0.229 e. The summed E-state index contributed by atoms with van der Waals surface area (Å²) in [6.07, 6.45) is 4.92. The molecule has 0 bridgehead atoms. The predicted molar refractivity (Wildman–Crippen MR) is 105 cm³/mol. The minimum Gasteiger partial charge on any atom is -0.389 e. The number of nitrogens with one attached hydrogen (secondary N) is 1. The van der Waals surface area contributed by atoms with Gasteiger partial charge in [0.2, 0.25) is 11.9 Å². The van der Waals surface area contributed by atoms with E-state index in [1.54, 1.807) is 13.0 Å². The summed E-state index contributed by atoms with van der Waals surface area (Å²) in [5.41, 5.74) is 1.18. The molecular weight excluding hydrogens is 340 g/mol. The van der Waals surface area contributed by atoms with Crippen LogP contribution in [0.5, 0.6) is 0 Å². The maximum absolute atomic E-state index is 12.7. The molecule has 0 radical (unpaired) electrons.